The van der Waals surface area contributed by atoms with E-state index in [1.807, 2.05) is 24.3 Å². The van der Waals surface area contributed by atoms with Gasteiger partial charge >= 0.3 is 0 Å². The Bertz CT molecular complexity index is 624. The second kappa shape index (κ2) is 6.19. The van der Waals surface area contributed by atoms with Gasteiger partial charge in [-0.05, 0) is 36.1 Å². The van der Waals surface area contributed by atoms with Crippen LogP contribution in [0.5, 0.6) is 0 Å². The summed E-state index contributed by atoms with van der Waals surface area (Å²) in [5.41, 5.74) is 6.04. The number of aliphatic hydroxyl groups is 1. The van der Waals surface area contributed by atoms with Gasteiger partial charge in [-0.3, -0.25) is 0 Å². The quantitative estimate of drug-likeness (QED) is 0.904. The van der Waals surface area contributed by atoms with Gasteiger partial charge in [-0.15, -0.1) is 0 Å². The van der Waals surface area contributed by atoms with Gasteiger partial charge in [0.1, 0.15) is 0 Å². The minimum atomic E-state index is 0.0676. The number of aryl methyl sites for hydroxylation is 1. The van der Waals surface area contributed by atoms with Gasteiger partial charge in [0.15, 0.2) is 0 Å². The Balaban J connectivity index is 1.74. The fraction of sp³-hybridized carbons (Fsp3) is 0.333. The highest BCUT2D eigenvalue weighted by molar-refractivity contribution is 5.57. The van der Waals surface area contributed by atoms with Gasteiger partial charge in [-0.25, -0.2) is 0 Å². The van der Waals surface area contributed by atoms with Crippen LogP contribution in [0.3, 0.4) is 0 Å². The Hall–Kier alpha value is -2.00. The number of nitrogens with zero attached hydrogens (tertiary/aromatic N) is 1. The monoisotopic (exact) mass is 282 g/mol. The zero-order valence-corrected chi connectivity index (χ0v) is 12.5. The molecule has 2 aromatic carbocycles. The highest BCUT2D eigenvalue weighted by atomic mass is 16.3. The number of rotatable bonds is 4. The number of fused-ring (bicyclic) bond motifs is 1. The largest absolute Gasteiger partial charge is 0.392 e. The van der Waals surface area contributed by atoms with Crippen LogP contribution in [0, 0.1) is 0 Å². The molecule has 0 bridgehead atoms. The Morgan fingerprint density at radius 2 is 2.05 bits per heavy atom. The number of benzene rings is 2. The van der Waals surface area contributed by atoms with Crippen molar-refractivity contribution in [1.29, 1.82) is 0 Å². The van der Waals surface area contributed by atoms with Crippen LogP contribution in [0.2, 0.25) is 0 Å². The predicted octanol–water partition coefficient (Wildman–Crippen LogP) is 3.17. The van der Waals surface area contributed by atoms with Gasteiger partial charge in [-0.2, -0.15) is 0 Å². The fourth-order valence-electron chi connectivity index (χ4n) is 2.98. The molecule has 0 saturated carbocycles. The van der Waals surface area contributed by atoms with Crippen molar-refractivity contribution in [3.63, 3.8) is 0 Å². The summed E-state index contributed by atoms with van der Waals surface area (Å²) in [6, 6.07) is 14.6. The van der Waals surface area contributed by atoms with E-state index in [1.54, 1.807) is 0 Å². The smallest absolute Gasteiger partial charge is 0.0701 e. The maximum absolute atomic E-state index is 9.36. The summed E-state index contributed by atoms with van der Waals surface area (Å²) in [4.78, 5) is 2.33. The van der Waals surface area contributed by atoms with Crippen molar-refractivity contribution < 1.29 is 5.11 Å². The average Bonchev–Trinajstić information content (AvgIpc) is 2.53. The molecule has 3 rings (SSSR count). The zero-order chi connectivity index (χ0) is 14.7. The van der Waals surface area contributed by atoms with Crippen molar-refractivity contribution in [2.75, 3.05) is 23.8 Å². The summed E-state index contributed by atoms with van der Waals surface area (Å²) >= 11 is 0. The van der Waals surface area contributed by atoms with Crippen molar-refractivity contribution in [1.82, 2.24) is 0 Å². The van der Waals surface area contributed by atoms with Gasteiger partial charge in [0, 0.05) is 37.1 Å². The second-order valence-electron chi connectivity index (χ2n) is 5.66. The maximum atomic E-state index is 9.36. The minimum Gasteiger partial charge on any atom is -0.392 e. The number of hydrogen-bond donors (Lipinski definition) is 2. The molecule has 3 nitrogen and oxygen atoms in total. The van der Waals surface area contributed by atoms with E-state index in [9.17, 15) is 5.11 Å². The summed E-state index contributed by atoms with van der Waals surface area (Å²) in [6.07, 6.45) is 2.40. The predicted molar refractivity (Wildman–Crippen MR) is 87.7 cm³/mol. The highest BCUT2D eigenvalue weighted by Gasteiger charge is 2.13. The van der Waals surface area contributed by atoms with Crippen LogP contribution in [0.25, 0.3) is 0 Å². The Kier molecular flexibility index (Phi) is 4.11. The molecule has 1 aliphatic heterocycles. The molecule has 0 amide bonds. The molecule has 1 heterocycles. The molecule has 0 saturated heterocycles. The van der Waals surface area contributed by atoms with Crippen molar-refractivity contribution in [2.24, 2.45) is 0 Å². The van der Waals surface area contributed by atoms with Crippen LogP contribution in [0.4, 0.5) is 11.4 Å². The highest BCUT2D eigenvalue weighted by Crippen LogP contribution is 2.27. The van der Waals surface area contributed by atoms with E-state index in [-0.39, 0.29) is 6.61 Å². The molecular weight excluding hydrogens is 260 g/mol. The fourth-order valence-corrected chi connectivity index (χ4v) is 2.98. The molecule has 3 heteroatoms. The molecule has 0 fully saturated rings. The molecule has 0 aliphatic carbocycles. The van der Waals surface area contributed by atoms with Crippen LogP contribution in [0.1, 0.15) is 23.1 Å². The Morgan fingerprint density at radius 1 is 1.19 bits per heavy atom. The second-order valence-corrected chi connectivity index (χ2v) is 5.66. The lowest BCUT2D eigenvalue weighted by Gasteiger charge is -2.28. The topological polar surface area (TPSA) is 35.5 Å². The molecule has 0 unspecified atom stereocenters. The third kappa shape index (κ3) is 3.03. The lowest BCUT2D eigenvalue weighted by molar-refractivity contribution is 0.282. The summed E-state index contributed by atoms with van der Waals surface area (Å²) in [7, 11) is 2.16. The van der Waals surface area contributed by atoms with Gasteiger partial charge in [0.2, 0.25) is 0 Å². The number of para-hydroxylation sites is 1. The zero-order valence-electron chi connectivity index (χ0n) is 12.5. The van der Waals surface area contributed by atoms with Crippen molar-refractivity contribution in [3.05, 3.63) is 59.2 Å². The summed E-state index contributed by atoms with van der Waals surface area (Å²) in [6.45, 7) is 2.00. The first-order valence-electron chi connectivity index (χ1n) is 7.53. The van der Waals surface area contributed by atoms with Crippen LogP contribution < -0.4 is 10.2 Å². The molecule has 1 aliphatic rings. The maximum Gasteiger partial charge on any atom is 0.0701 e. The number of aliphatic hydroxyl groups excluding tert-OH is 1. The van der Waals surface area contributed by atoms with Gasteiger partial charge in [0.05, 0.1) is 6.61 Å². The van der Waals surface area contributed by atoms with Crippen molar-refractivity contribution >= 4 is 11.4 Å². The van der Waals surface area contributed by atoms with Crippen LogP contribution >= 0.6 is 0 Å². The first-order valence-corrected chi connectivity index (χ1v) is 7.53. The summed E-state index contributed by atoms with van der Waals surface area (Å²) < 4.78 is 0. The lowest BCUT2D eigenvalue weighted by atomic mass is 9.99. The third-order valence-electron chi connectivity index (χ3n) is 4.17. The molecule has 2 aromatic rings. The molecule has 0 radical (unpaired) electrons. The molecule has 110 valence electrons. The molecule has 0 spiro atoms. The Labute approximate surface area is 126 Å². The normalized spacial score (nSPS) is 13.9. The van der Waals surface area contributed by atoms with E-state index in [0.717, 1.165) is 24.3 Å². The van der Waals surface area contributed by atoms with E-state index in [0.29, 0.717) is 0 Å². The van der Waals surface area contributed by atoms with Crippen molar-refractivity contribution in [3.8, 4) is 0 Å². The third-order valence-corrected chi connectivity index (χ3v) is 4.17. The van der Waals surface area contributed by atoms with E-state index in [1.165, 1.54) is 29.7 Å². The number of anilines is 2. The van der Waals surface area contributed by atoms with E-state index >= 15 is 0 Å². The molecule has 0 aromatic heterocycles. The number of hydrogen-bond acceptors (Lipinski definition) is 3. The SMILES string of the molecule is CN1CCCc2cc(CNc3ccccc3CO)ccc21. The Morgan fingerprint density at radius 3 is 2.90 bits per heavy atom. The summed E-state index contributed by atoms with van der Waals surface area (Å²) in [5, 5.41) is 12.8. The van der Waals surface area contributed by atoms with Crippen LogP contribution in [-0.4, -0.2) is 18.7 Å². The average molecular weight is 282 g/mol. The molecule has 0 atom stereocenters. The van der Waals surface area contributed by atoms with Crippen molar-refractivity contribution in [2.45, 2.75) is 26.0 Å². The van der Waals surface area contributed by atoms with Crippen LogP contribution in [-0.2, 0) is 19.6 Å². The standard InChI is InChI=1S/C18H22N2O/c1-20-10-4-6-15-11-14(8-9-18(15)20)12-19-17-7-3-2-5-16(17)13-21/h2-3,5,7-9,11,19,21H,4,6,10,12-13H2,1H3. The van der Waals surface area contributed by atoms with Gasteiger partial charge in [0.25, 0.3) is 0 Å². The first-order chi connectivity index (χ1) is 10.3. The molecular formula is C18H22N2O. The van der Waals surface area contributed by atoms with Gasteiger partial charge < -0.3 is 15.3 Å². The number of nitrogens with one attached hydrogen (secondary N) is 1. The van der Waals surface area contributed by atoms with Crippen LogP contribution in [0.15, 0.2) is 42.5 Å². The van der Waals surface area contributed by atoms with Gasteiger partial charge in [-0.1, -0.05) is 30.3 Å². The summed E-state index contributed by atoms with van der Waals surface area (Å²) in [5.74, 6) is 0. The van der Waals surface area contributed by atoms with E-state index < -0.39 is 0 Å². The van der Waals surface area contributed by atoms with E-state index in [2.05, 4.69) is 35.5 Å². The molecule has 21 heavy (non-hydrogen) atoms. The first kappa shape index (κ1) is 14.0. The lowest BCUT2D eigenvalue weighted by Crippen LogP contribution is -2.24. The minimum absolute atomic E-state index is 0.0676. The van der Waals surface area contributed by atoms with E-state index in [4.69, 9.17) is 0 Å². The molecule has 2 N–H and O–H groups in total.